The van der Waals surface area contributed by atoms with Gasteiger partial charge in [0, 0.05) is 38.3 Å². The van der Waals surface area contributed by atoms with Crippen molar-refractivity contribution >= 4 is 0 Å². The van der Waals surface area contributed by atoms with Gasteiger partial charge in [0.2, 0.25) is 5.88 Å². The molecule has 0 unspecified atom stereocenters. The van der Waals surface area contributed by atoms with E-state index < -0.39 is 0 Å². The number of para-hydroxylation sites is 1. The van der Waals surface area contributed by atoms with E-state index in [1.807, 2.05) is 30.3 Å². The Morgan fingerprint density at radius 2 is 1.76 bits per heavy atom. The lowest BCUT2D eigenvalue weighted by molar-refractivity contribution is 0.149. The second kappa shape index (κ2) is 8.78. The first-order valence-electron chi connectivity index (χ1n) is 8.92. The Morgan fingerprint density at radius 1 is 1.00 bits per heavy atom. The number of likely N-dealkylation sites (N-methyl/N-ethyl adjacent to an activating group) is 1. The van der Waals surface area contributed by atoms with E-state index >= 15 is 0 Å². The minimum atomic E-state index is -0.159. The Hall–Kier alpha value is -2.18. The first kappa shape index (κ1) is 17.6. The van der Waals surface area contributed by atoms with Gasteiger partial charge in [-0.3, -0.25) is 4.79 Å². The van der Waals surface area contributed by atoms with Gasteiger partial charge in [-0.25, -0.2) is 0 Å². The maximum absolute atomic E-state index is 12.0. The molecule has 1 aromatic carbocycles. The van der Waals surface area contributed by atoms with Gasteiger partial charge in [-0.05, 0) is 38.6 Å². The number of hydrogen-bond acceptors (Lipinski definition) is 5. The highest BCUT2D eigenvalue weighted by Crippen LogP contribution is 2.08. The summed E-state index contributed by atoms with van der Waals surface area (Å²) in [5.41, 5.74) is 0.585. The quantitative estimate of drug-likeness (QED) is 0.716. The van der Waals surface area contributed by atoms with Gasteiger partial charge in [-0.1, -0.05) is 18.2 Å². The minimum Gasteiger partial charge on any atom is -0.477 e. The van der Waals surface area contributed by atoms with Gasteiger partial charge in [0.15, 0.2) is 0 Å². The molecule has 6 heteroatoms. The molecular formula is C19H26N4O2. The van der Waals surface area contributed by atoms with E-state index in [9.17, 15) is 4.79 Å². The van der Waals surface area contributed by atoms with Crippen molar-refractivity contribution in [2.24, 2.45) is 0 Å². The molecule has 0 aliphatic carbocycles. The normalized spacial score (nSPS) is 16.0. The number of rotatable bonds is 7. The first-order valence-corrected chi connectivity index (χ1v) is 8.92. The van der Waals surface area contributed by atoms with Crippen LogP contribution >= 0.6 is 0 Å². The van der Waals surface area contributed by atoms with Crippen LogP contribution in [-0.4, -0.2) is 66.0 Å². The predicted molar refractivity (Wildman–Crippen MR) is 98.5 cm³/mol. The fourth-order valence-electron chi connectivity index (χ4n) is 2.91. The third-order valence-electron chi connectivity index (χ3n) is 4.49. The number of piperazine rings is 1. The van der Waals surface area contributed by atoms with Crippen LogP contribution in [0.4, 0.5) is 0 Å². The molecule has 2 aromatic rings. The van der Waals surface area contributed by atoms with Gasteiger partial charge in [0.1, 0.15) is 0 Å². The van der Waals surface area contributed by atoms with Crippen LogP contribution < -0.4 is 10.3 Å². The molecule has 1 fully saturated rings. The fourth-order valence-corrected chi connectivity index (χ4v) is 2.91. The number of ether oxygens (including phenoxy) is 1. The van der Waals surface area contributed by atoms with Crippen molar-refractivity contribution in [1.82, 2.24) is 19.6 Å². The zero-order valence-corrected chi connectivity index (χ0v) is 14.8. The Kier molecular flexibility index (Phi) is 6.19. The average Bonchev–Trinajstić information content (AvgIpc) is 2.65. The Labute approximate surface area is 148 Å². The van der Waals surface area contributed by atoms with E-state index in [4.69, 9.17) is 4.74 Å². The minimum absolute atomic E-state index is 0.159. The van der Waals surface area contributed by atoms with Crippen LogP contribution in [-0.2, 0) is 0 Å². The van der Waals surface area contributed by atoms with E-state index in [1.165, 1.54) is 10.7 Å². The largest absolute Gasteiger partial charge is 0.477 e. The van der Waals surface area contributed by atoms with E-state index in [1.54, 1.807) is 6.07 Å². The van der Waals surface area contributed by atoms with Gasteiger partial charge < -0.3 is 14.5 Å². The van der Waals surface area contributed by atoms with Crippen molar-refractivity contribution < 1.29 is 4.74 Å². The summed E-state index contributed by atoms with van der Waals surface area (Å²) in [6, 6.07) is 12.5. The Bertz CT molecular complexity index is 709. The molecule has 0 N–H and O–H groups in total. The lowest BCUT2D eigenvalue weighted by atomic mass is 10.2. The molecule has 0 bridgehead atoms. The Morgan fingerprint density at radius 3 is 2.52 bits per heavy atom. The second-order valence-corrected chi connectivity index (χ2v) is 6.46. The molecule has 134 valence electrons. The van der Waals surface area contributed by atoms with Crippen LogP contribution in [0.3, 0.4) is 0 Å². The van der Waals surface area contributed by atoms with Crippen molar-refractivity contribution in [3.63, 3.8) is 0 Å². The van der Waals surface area contributed by atoms with Crippen molar-refractivity contribution in [3.05, 3.63) is 52.8 Å². The van der Waals surface area contributed by atoms with Gasteiger partial charge in [-0.2, -0.15) is 4.68 Å². The van der Waals surface area contributed by atoms with Crippen LogP contribution in [0.5, 0.6) is 5.88 Å². The highest BCUT2D eigenvalue weighted by Gasteiger charge is 2.12. The lowest BCUT2D eigenvalue weighted by Crippen LogP contribution is -2.44. The van der Waals surface area contributed by atoms with Gasteiger partial charge >= 0.3 is 0 Å². The molecular weight excluding hydrogens is 316 g/mol. The summed E-state index contributed by atoms with van der Waals surface area (Å²) in [6.45, 7) is 6.35. The lowest BCUT2D eigenvalue weighted by Gasteiger charge is -2.32. The summed E-state index contributed by atoms with van der Waals surface area (Å²) in [4.78, 5) is 16.9. The molecule has 0 amide bonds. The summed E-state index contributed by atoms with van der Waals surface area (Å²) in [5, 5.41) is 4.30. The monoisotopic (exact) mass is 342 g/mol. The van der Waals surface area contributed by atoms with Crippen molar-refractivity contribution in [3.8, 4) is 11.6 Å². The van der Waals surface area contributed by atoms with Crippen molar-refractivity contribution in [2.75, 3.05) is 46.4 Å². The fraction of sp³-hybridized carbons (Fsp3) is 0.474. The Balaban J connectivity index is 1.45. The molecule has 3 rings (SSSR count). The van der Waals surface area contributed by atoms with E-state index in [0.29, 0.717) is 12.5 Å². The zero-order chi connectivity index (χ0) is 17.5. The highest BCUT2D eigenvalue weighted by atomic mass is 16.5. The third kappa shape index (κ3) is 5.14. The molecule has 0 saturated carbocycles. The maximum Gasteiger partial charge on any atom is 0.271 e. The predicted octanol–water partition coefficient (Wildman–Crippen LogP) is 1.64. The maximum atomic E-state index is 12.0. The van der Waals surface area contributed by atoms with Gasteiger partial charge in [0.05, 0.1) is 12.3 Å². The van der Waals surface area contributed by atoms with Crippen LogP contribution in [0.15, 0.2) is 47.3 Å². The van der Waals surface area contributed by atoms with E-state index in [-0.39, 0.29) is 5.56 Å². The molecule has 0 radical (unpaired) electrons. The molecule has 1 aliphatic rings. The topological polar surface area (TPSA) is 50.6 Å². The summed E-state index contributed by atoms with van der Waals surface area (Å²) >= 11 is 0. The van der Waals surface area contributed by atoms with Crippen LogP contribution in [0.25, 0.3) is 5.69 Å². The smallest absolute Gasteiger partial charge is 0.271 e. The molecule has 1 aromatic heterocycles. The molecule has 6 nitrogen and oxygen atoms in total. The summed E-state index contributed by atoms with van der Waals surface area (Å²) in [7, 11) is 2.17. The molecule has 2 heterocycles. The van der Waals surface area contributed by atoms with Crippen LogP contribution in [0, 0.1) is 0 Å². The SMILES string of the molecule is CN1CCN(CCCCOc2ccc(=O)n(-c3ccccc3)n2)CC1. The highest BCUT2D eigenvalue weighted by molar-refractivity contribution is 5.30. The third-order valence-corrected chi connectivity index (χ3v) is 4.49. The zero-order valence-electron chi connectivity index (χ0n) is 14.8. The summed E-state index contributed by atoms with van der Waals surface area (Å²) in [6.07, 6.45) is 2.10. The number of benzene rings is 1. The average molecular weight is 342 g/mol. The van der Waals surface area contributed by atoms with Crippen LogP contribution in [0.1, 0.15) is 12.8 Å². The number of aromatic nitrogens is 2. The second-order valence-electron chi connectivity index (χ2n) is 6.46. The van der Waals surface area contributed by atoms with Gasteiger partial charge in [0.25, 0.3) is 5.56 Å². The summed E-state index contributed by atoms with van der Waals surface area (Å²) < 4.78 is 7.11. The molecule has 25 heavy (non-hydrogen) atoms. The molecule has 1 aliphatic heterocycles. The van der Waals surface area contributed by atoms with E-state index in [0.717, 1.165) is 51.3 Å². The first-order chi connectivity index (χ1) is 12.2. The molecule has 0 atom stereocenters. The summed E-state index contributed by atoms with van der Waals surface area (Å²) in [5.74, 6) is 0.489. The number of unbranched alkanes of at least 4 members (excludes halogenated alkanes) is 1. The number of hydrogen-bond donors (Lipinski definition) is 0. The molecule has 1 saturated heterocycles. The van der Waals surface area contributed by atoms with Gasteiger partial charge in [-0.15, -0.1) is 5.10 Å². The van der Waals surface area contributed by atoms with Crippen LogP contribution in [0.2, 0.25) is 0 Å². The van der Waals surface area contributed by atoms with Crippen molar-refractivity contribution in [2.45, 2.75) is 12.8 Å². The molecule has 0 spiro atoms. The van der Waals surface area contributed by atoms with E-state index in [2.05, 4.69) is 21.9 Å². The standard InChI is InChI=1S/C19H26N4O2/c1-21-12-14-22(15-13-21)11-5-6-16-25-18-9-10-19(24)23(20-18)17-7-3-2-4-8-17/h2-4,7-10H,5-6,11-16H2,1H3. The number of nitrogens with zero attached hydrogens (tertiary/aromatic N) is 4. The van der Waals surface area contributed by atoms with Crippen molar-refractivity contribution in [1.29, 1.82) is 0 Å².